The number of carbonyl (C=O) groups is 2. The van der Waals surface area contributed by atoms with Crippen LogP contribution in [0.1, 0.15) is 42.4 Å². The van der Waals surface area contributed by atoms with Gasteiger partial charge in [0.2, 0.25) is 11.8 Å². The average Bonchev–Trinajstić information content (AvgIpc) is 3.41. The predicted molar refractivity (Wildman–Crippen MR) is 157 cm³/mol. The Morgan fingerprint density at radius 3 is 2.35 bits per heavy atom. The van der Waals surface area contributed by atoms with Gasteiger partial charge in [-0.2, -0.15) is 0 Å². The summed E-state index contributed by atoms with van der Waals surface area (Å²) in [5.41, 5.74) is 3.09. The maximum atomic E-state index is 13.7. The summed E-state index contributed by atoms with van der Waals surface area (Å²) in [4.78, 5) is 29.2. The van der Waals surface area contributed by atoms with Gasteiger partial charge in [-0.15, -0.1) is 11.8 Å². The molecule has 1 aliphatic carbocycles. The summed E-state index contributed by atoms with van der Waals surface area (Å²) in [6, 6.07) is 25.1. The molecule has 0 unspecified atom stereocenters. The van der Waals surface area contributed by atoms with Crippen LogP contribution in [0, 0.1) is 0 Å². The van der Waals surface area contributed by atoms with Gasteiger partial charge in [-0.25, -0.2) is 0 Å². The van der Waals surface area contributed by atoms with Crippen LogP contribution in [-0.4, -0.2) is 34.6 Å². The molecule has 1 saturated carbocycles. The fraction of sp³-hybridized carbons (Fsp3) is 0.333. The van der Waals surface area contributed by atoms with E-state index in [0.29, 0.717) is 23.7 Å². The standard InChI is InChI=1S/C30H32BrClN2O2S/c31-25-15-13-23(14-16-25)20-37-21-29(35)34(19-24-9-6-10-26(32)17-24)28(18-22-7-2-1-3-8-22)30(36)33-27-11-4-5-12-27/h1-3,6-10,13-17,27-28H,4-5,11-12,18-21H2,(H,33,36)/t28-/m1/s1. The van der Waals surface area contributed by atoms with E-state index in [1.54, 1.807) is 16.7 Å². The Kier molecular flexibility index (Phi) is 10.5. The number of hydrogen-bond acceptors (Lipinski definition) is 3. The summed E-state index contributed by atoms with van der Waals surface area (Å²) in [6.07, 6.45) is 4.71. The molecule has 0 heterocycles. The summed E-state index contributed by atoms with van der Waals surface area (Å²) >= 11 is 11.3. The largest absolute Gasteiger partial charge is 0.352 e. The first-order valence-corrected chi connectivity index (χ1v) is 15.0. The summed E-state index contributed by atoms with van der Waals surface area (Å²) in [5, 5.41) is 3.86. The molecule has 3 aromatic carbocycles. The lowest BCUT2D eigenvalue weighted by atomic mass is 10.0. The van der Waals surface area contributed by atoms with E-state index in [4.69, 9.17) is 11.6 Å². The van der Waals surface area contributed by atoms with E-state index in [-0.39, 0.29) is 17.9 Å². The second-order valence-corrected chi connectivity index (χ2v) is 11.8. The van der Waals surface area contributed by atoms with Crippen molar-refractivity contribution in [3.8, 4) is 0 Å². The Bertz CT molecular complexity index is 1170. The number of hydrogen-bond donors (Lipinski definition) is 1. The van der Waals surface area contributed by atoms with Crippen LogP contribution in [0.3, 0.4) is 0 Å². The first-order valence-electron chi connectivity index (χ1n) is 12.7. The Balaban J connectivity index is 1.56. The van der Waals surface area contributed by atoms with E-state index in [2.05, 4.69) is 33.4 Å². The highest BCUT2D eigenvalue weighted by Crippen LogP contribution is 2.22. The van der Waals surface area contributed by atoms with E-state index in [0.717, 1.165) is 52.6 Å². The van der Waals surface area contributed by atoms with Crippen molar-refractivity contribution in [2.75, 3.05) is 5.75 Å². The molecule has 4 rings (SSSR count). The predicted octanol–water partition coefficient (Wildman–Crippen LogP) is 7.03. The van der Waals surface area contributed by atoms with Crippen LogP contribution in [0.5, 0.6) is 0 Å². The number of rotatable bonds is 11. The molecule has 1 fully saturated rings. The summed E-state index contributed by atoms with van der Waals surface area (Å²) in [6.45, 7) is 0.327. The van der Waals surface area contributed by atoms with E-state index >= 15 is 0 Å². The van der Waals surface area contributed by atoms with Crippen molar-refractivity contribution in [2.24, 2.45) is 0 Å². The molecule has 0 aromatic heterocycles. The minimum atomic E-state index is -0.609. The number of benzene rings is 3. The van der Waals surface area contributed by atoms with Gasteiger partial charge in [-0.3, -0.25) is 9.59 Å². The van der Waals surface area contributed by atoms with Crippen LogP contribution < -0.4 is 5.32 Å². The maximum absolute atomic E-state index is 13.7. The summed E-state index contributed by atoms with van der Waals surface area (Å²) < 4.78 is 1.03. The van der Waals surface area contributed by atoms with Gasteiger partial charge in [-0.05, 0) is 53.8 Å². The van der Waals surface area contributed by atoms with Gasteiger partial charge in [-0.1, -0.05) is 95.0 Å². The SMILES string of the molecule is O=C(NC1CCCC1)[C@@H](Cc1ccccc1)N(Cc1cccc(Cl)c1)C(=O)CSCc1ccc(Br)cc1. The second kappa shape index (κ2) is 14.0. The Hall–Kier alpha value is -2.28. The lowest BCUT2D eigenvalue weighted by molar-refractivity contribution is -0.139. The molecule has 0 bridgehead atoms. The highest BCUT2D eigenvalue weighted by atomic mass is 79.9. The van der Waals surface area contributed by atoms with Crippen LogP contribution in [0.2, 0.25) is 5.02 Å². The lowest BCUT2D eigenvalue weighted by Gasteiger charge is -2.32. The molecule has 0 radical (unpaired) electrons. The zero-order valence-corrected chi connectivity index (χ0v) is 23.9. The highest BCUT2D eigenvalue weighted by Gasteiger charge is 2.32. The zero-order chi connectivity index (χ0) is 26.0. The number of amides is 2. The molecule has 7 heteroatoms. The molecule has 2 amide bonds. The van der Waals surface area contributed by atoms with E-state index < -0.39 is 6.04 Å². The molecule has 0 spiro atoms. The third kappa shape index (κ3) is 8.62. The van der Waals surface area contributed by atoms with E-state index in [9.17, 15) is 9.59 Å². The third-order valence-electron chi connectivity index (χ3n) is 6.62. The Labute approximate surface area is 237 Å². The topological polar surface area (TPSA) is 49.4 Å². The number of halogens is 2. The van der Waals surface area contributed by atoms with Crippen LogP contribution in [0.25, 0.3) is 0 Å². The fourth-order valence-corrected chi connectivity index (χ4v) is 6.02. The van der Waals surface area contributed by atoms with Crippen LogP contribution in [0.15, 0.2) is 83.3 Å². The normalized spacial score (nSPS) is 14.3. The van der Waals surface area contributed by atoms with Gasteiger partial charge in [0.25, 0.3) is 0 Å². The van der Waals surface area contributed by atoms with Gasteiger partial charge in [0.15, 0.2) is 0 Å². The molecule has 1 N–H and O–H groups in total. The monoisotopic (exact) mass is 598 g/mol. The molecule has 3 aromatic rings. The van der Waals surface area contributed by atoms with Crippen molar-refractivity contribution in [3.63, 3.8) is 0 Å². The van der Waals surface area contributed by atoms with E-state index in [1.807, 2.05) is 66.7 Å². The lowest BCUT2D eigenvalue weighted by Crippen LogP contribution is -2.52. The number of thioether (sulfide) groups is 1. The fourth-order valence-electron chi connectivity index (χ4n) is 4.67. The quantitative estimate of drug-likeness (QED) is 0.257. The molecule has 0 saturated heterocycles. The summed E-state index contributed by atoms with van der Waals surface area (Å²) in [7, 11) is 0. The number of nitrogens with zero attached hydrogens (tertiary/aromatic N) is 1. The van der Waals surface area contributed by atoms with Gasteiger partial charge >= 0.3 is 0 Å². The Morgan fingerprint density at radius 2 is 1.65 bits per heavy atom. The van der Waals surface area contributed by atoms with Gasteiger partial charge in [0.05, 0.1) is 5.75 Å². The van der Waals surface area contributed by atoms with Crippen molar-refractivity contribution in [2.45, 2.75) is 56.5 Å². The summed E-state index contributed by atoms with van der Waals surface area (Å²) in [5.74, 6) is 0.883. The van der Waals surface area contributed by atoms with Crippen LogP contribution in [0.4, 0.5) is 0 Å². The molecule has 1 aliphatic rings. The average molecular weight is 600 g/mol. The van der Waals surface area contributed by atoms with E-state index in [1.165, 1.54) is 0 Å². The third-order valence-corrected chi connectivity index (χ3v) is 8.37. The smallest absolute Gasteiger partial charge is 0.243 e. The zero-order valence-electron chi connectivity index (χ0n) is 20.7. The molecule has 4 nitrogen and oxygen atoms in total. The highest BCUT2D eigenvalue weighted by molar-refractivity contribution is 9.10. The van der Waals surface area contributed by atoms with Crippen molar-refractivity contribution in [3.05, 3.63) is 105 Å². The van der Waals surface area contributed by atoms with Crippen molar-refractivity contribution < 1.29 is 9.59 Å². The molecule has 194 valence electrons. The van der Waals surface area contributed by atoms with Crippen molar-refractivity contribution in [1.29, 1.82) is 0 Å². The molecule has 1 atom stereocenters. The van der Waals surface area contributed by atoms with Gasteiger partial charge in [0, 0.05) is 34.3 Å². The molecule has 0 aliphatic heterocycles. The molecular weight excluding hydrogens is 568 g/mol. The first kappa shape index (κ1) is 27.7. The van der Waals surface area contributed by atoms with Gasteiger partial charge < -0.3 is 10.2 Å². The maximum Gasteiger partial charge on any atom is 0.243 e. The Morgan fingerprint density at radius 1 is 0.946 bits per heavy atom. The molecule has 37 heavy (non-hydrogen) atoms. The van der Waals surface area contributed by atoms with Crippen molar-refractivity contribution in [1.82, 2.24) is 10.2 Å². The molecular formula is C30H32BrClN2O2S. The van der Waals surface area contributed by atoms with Crippen molar-refractivity contribution >= 4 is 51.1 Å². The van der Waals surface area contributed by atoms with Crippen LogP contribution in [-0.2, 0) is 28.3 Å². The minimum absolute atomic E-state index is 0.0513. The first-order chi connectivity index (χ1) is 18.0. The second-order valence-electron chi connectivity index (χ2n) is 9.47. The van der Waals surface area contributed by atoms with Crippen LogP contribution >= 0.6 is 39.3 Å². The minimum Gasteiger partial charge on any atom is -0.352 e. The van der Waals surface area contributed by atoms with Gasteiger partial charge in [0.1, 0.15) is 6.04 Å². The number of carbonyl (C=O) groups excluding carboxylic acids is 2. The number of nitrogens with one attached hydrogen (secondary N) is 1.